The van der Waals surface area contributed by atoms with Crippen LogP contribution in [0.4, 0.5) is 0 Å². The summed E-state index contributed by atoms with van der Waals surface area (Å²) in [6, 6.07) is 0.212. The molecule has 3 atom stereocenters. The number of hydrogen-bond donors (Lipinski definition) is 2. The summed E-state index contributed by atoms with van der Waals surface area (Å²) in [7, 11) is 0. The Bertz CT molecular complexity index is 279. The van der Waals surface area contributed by atoms with Gasteiger partial charge in [0.1, 0.15) is 0 Å². The van der Waals surface area contributed by atoms with E-state index >= 15 is 0 Å². The van der Waals surface area contributed by atoms with Crippen LogP contribution >= 0.6 is 0 Å². The van der Waals surface area contributed by atoms with Gasteiger partial charge in [0, 0.05) is 18.5 Å². The van der Waals surface area contributed by atoms with Crippen molar-refractivity contribution in [1.82, 2.24) is 10.2 Å². The lowest BCUT2D eigenvalue weighted by atomic mass is 9.79. The molecule has 1 aliphatic heterocycles. The first-order valence-corrected chi connectivity index (χ1v) is 7.91. The van der Waals surface area contributed by atoms with Gasteiger partial charge < -0.3 is 16.0 Å². The zero-order chi connectivity index (χ0) is 13.7. The second-order valence-electron chi connectivity index (χ2n) is 6.46. The number of amides is 1. The van der Waals surface area contributed by atoms with Crippen molar-refractivity contribution < 1.29 is 4.79 Å². The molecule has 1 aliphatic carbocycles. The molecule has 110 valence electrons. The molecule has 1 heterocycles. The Hall–Kier alpha value is -0.610. The van der Waals surface area contributed by atoms with Gasteiger partial charge in [-0.2, -0.15) is 0 Å². The number of carbonyl (C=O) groups is 1. The van der Waals surface area contributed by atoms with E-state index in [2.05, 4.69) is 17.1 Å². The van der Waals surface area contributed by atoms with Crippen LogP contribution in [0, 0.1) is 11.8 Å². The average molecular weight is 267 g/mol. The number of rotatable bonds is 5. The zero-order valence-electron chi connectivity index (χ0n) is 12.2. The van der Waals surface area contributed by atoms with E-state index in [9.17, 15) is 4.79 Å². The quantitative estimate of drug-likeness (QED) is 0.739. The van der Waals surface area contributed by atoms with E-state index in [0.717, 1.165) is 38.8 Å². The smallest absolute Gasteiger partial charge is 0.223 e. The Kier molecular flexibility index (Phi) is 5.64. The Morgan fingerprint density at radius 3 is 2.68 bits per heavy atom. The largest absolute Gasteiger partial charge is 0.356 e. The molecule has 2 rings (SSSR count). The molecule has 4 heteroatoms. The van der Waals surface area contributed by atoms with E-state index in [1.54, 1.807) is 0 Å². The van der Waals surface area contributed by atoms with Crippen molar-refractivity contribution in [3.05, 3.63) is 0 Å². The van der Waals surface area contributed by atoms with Gasteiger partial charge in [0.15, 0.2) is 0 Å². The predicted molar refractivity (Wildman–Crippen MR) is 77.8 cm³/mol. The summed E-state index contributed by atoms with van der Waals surface area (Å²) >= 11 is 0. The minimum absolute atomic E-state index is 0.144. The van der Waals surface area contributed by atoms with Crippen molar-refractivity contribution in [2.75, 3.05) is 26.2 Å². The first kappa shape index (κ1) is 14.8. The van der Waals surface area contributed by atoms with E-state index in [-0.39, 0.29) is 17.9 Å². The number of hydrogen-bond acceptors (Lipinski definition) is 3. The number of nitrogens with two attached hydrogens (primary N) is 1. The van der Waals surface area contributed by atoms with Crippen molar-refractivity contribution in [2.24, 2.45) is 17.6 Å². The average Bonchev–Trinajstić information content (AvgIpc) is 2.86. The third-order valence-electron chi connectivity index (χ3n) is 4.50. The topological polar surface area (TPSA) is 58.4 Å². The molecule has 1 saturated heterocycles. The van der Waals surface area contributed by atoms with Gasteiger partial charge in [-0.05, 0) is 64.1 Å². The summed E-state index contributed by atoms with van der Waals surface area (Å²) in [6.45, 7) is 6.62. The molecule has 0 aromatic heterocycles. The van der Waals surface area contributed by atoms with Gasteiger partial charge in [0.25, 0.3) is 0 Å². The number of nitrogens with zero attached hydrogens (tertiary/aromatic N) is 1. The fourth-order valence-corrected chi connectivity index (χ4v) is 3.54. The van der Waals surface area contributed by atoms with Crippen molar-refractivity contribution in [3.63, 3.8) is 0 Å². The summed E-state index contributed by atoms with van der Waals surface area (Å²) < 4.78 is 0. The van der Waals surface area contributed by atoms with Crippen LogP contribution in [-0.2, 0) is 4.79 Å². The van der Waals surface area contributed by atoms with Gasteiger partial charge in [0.2, 0.25) is 5.91 Å². The molecule has 2 fully saturated rings. The third-order valence-corrected chi connectivity index (χ3v) is 4.50. The van der Waals surface area contributed by atoms with Crippen molar-refractivity contribution in [3.8, 4) is 0 Å². The molecule has 3 N–H and O–H groups in total. The van der Waals surface area contributed by atoms with Crippen LogP contribution in [0.3, 0.4) is 0 Å². The molecule has 0 aromatic rings. The van der Waals surface area contributed by atoms with E-state index in [1.807, 2.05) is 0 Å². The molecule has 0 spiro atoms. The van der Waals surface area contributed by atoms with Crippen LogP contribution in [-0.4, -0.2) is 43.0 Å². The van der Waals surface area contributed by atoms with Gasteiger partial charge in [-0.1, -0.05) is 6.92 Å². The first-order chi connectivity index (χ1) is 9.15. The summed E-state index contributed by atoms with van der Waals surface area (Å²) in [5.41, 5.74) is 6.00. The molecule has 0 aromatic carbocycles. The second kappa shape index (κ2) is 7.25. The van der Waals surface area contributed by atoms with Crippen LogP contribution in [0.1, 0.15) is 45.4 Å². The Morgan fingerprint density at radius 1 is 1.26 bits per heavy atom. The predicted octanol–water partition coefficient (Wildman–Crippen LogP) is 1.35. The number of nitrogens with one attached hydrogen (secondary N) is 1. The van der Waals surface area contributed by atoms with E-state index < -0.39 is 0 Å². The van der Waals surface area contributed by atoms with Gasteiger partial charge in [0.05, 0.1) is 0 Å². The van der Waals surface area contributed by atoms with Gasteiger partial charge in [-0.25, -0.2) is 0 Å². The van der Waals surface area contributed by atoms with Crippen LogP contribution in [0.15, 0.2) is 0 Å². The Labute approximate surface area is 117 Å². The number of likely N-dealkylation sites (tertiary alicyclic amines) is 1. The van der Waals surface area contributed by atoms with Gasteiger partial charge in [-0.3, -0.25) is 4.79 Å². The third kappa shape index (κ3) is 4.77. The SMILES string of the molecule is CC1CC(N)CC(C(=O)NCCCN2CCCC2)C1. The minimum Gasteiger partial charge on any atom is -0.356 e. The lowest BCUT2D eigenvalue weighted by Gasteiger charge is -2.30. The van der Waals surface area contributed by atoms with E-state index in [1.165, 1.54) is 25.9 Å². The van der Waals surface area contributed by atoms with E-state index in [4.69, 9.17) is 5.73 Å². The maximum atomic E-state index is 12.1. The molecule has 1 amide bonds. The lowest BCUT2D eigenvalue weighted by molar-refractivity contribution is -0.126. The van der Waals surface area contributed by atoms with Crippen LogP contribution in [0.5, 0.6) is 0 Å². The van der Waals surface area contributed by atoms with Gasteiger partial charge >= 0.3 is 0 Å². The first-order valence-electron chi connectivity index (χ1n) is 7.91. The Morgan fingerprint density at radius 2 is 2.00 bits per heavy atom. The zero-order valence-corrected chi connectivity index (χ0v) is 12.2. The molecular formula is C15H29N3O. The highest BCUT2D eigenvalue weighted by Gasteiger charge is 2.28. The fraction of sp³-hybridized carbons (Fsp3) is 0.933. The lowest BCUT2D eigenvalue weighted by Crippen LogP contribution is -2.40. The maximum absolute atomic E-state index is 12.1. The molecular weight excluding hydrogens is 238 g/mol. The second-order valence-corrected chi connectivity index (χ2v) is 6.46. The standard InChI is InChI=1S/C15H29N3O/c1-12-9-13(11-14(16)10-12)15(19)17-5-4-8-18-6-2-3-7-18/h12-14H,2-11,16H2,1H3,(H,17,19). The minimum atomic E-state index is 0.144. The highest BCUT2D eigenvalue weighted by Crippen LogP contribution is 2.28. The molecule has 4 nitrogen and oxygen atoms in total. The van der Waals surface area contributed by atoms with Gasteiger partial charge in [-0.15, -0.1) is 0 Å². The molecule has 1 saturated carbocycles. The molecule has 2 aliphatic rings. The van der Waals surface area contributed by atoms with Crippen LogP contribution < -0.4 is 11.1 Å². The maximum Gasteiger partial charge on any atom is 0.223 e. The highest BCUT2D eigenvalue weighted by atomic mass is 16.1. The summed E-state index contributed by atoms with van der Waals surface area (Å²) in [5, 5.41) is 3.10. The summed E-state index contributed by atoms with van der Waals surface area (Å²) in [6.07, 6.45) is 6.68. The summed E-state index contributed by atoms with van der Waals surface area (Å²) in [5.74, 6) is 0.957. The summed E-state index contributed by atoms with van der Waals surface area (Å²) in [4.78, 5) is 14.6. The fourth-order valence-electron chi connectivity index (χ4n) is 3.54. The molecule has 19 heavy (non-hydrogen) atoms. The van der Waals surface area contributed by atoms with Crippen LogP contribution in [0.25, 0.3) is 0 Å². The van der Waals surface area contributed by atoms with E-state index in [0.29, 0.717) is 5.92 Å². The van der Waals surface area contributed by atoms with Crippen molar-refractivity contribution in [2.45, 2.75) is 51.5 Å². The molecule has 0 bridgehead atoms. The molecule has 3 unspecified atom stereocenters. The highest BCUT2D eigenvalue weighted by molar-refractivity contribution is 5.78. The normalized spacial score (nSPS) is 32.4. The van der Waals surface area contributed by atoms with Crippen molar-refractivity contribution in [1.29, 1.82) is 0 Å². The Balaban J connectivity index is 1.60. The van der Waals surface area contributed by atoms with Crippen LogP contribution in [0.2, 0.25) is 0 Å². The number of carbonyl (C=O) groups excluding carboxylic acids is 1. The van der Waals surface area contributed by atoms with Crippen molar-refractivity contribution >= 4 is 5.91 Å². The monoisotopic (exact) mass is 267 g/mol. The molecule has 0 radical (unpaired) electrons.